The van der Waals surface area contributed by atoms with Crippen molar-refractivity contribution in [2.45, 2.75) is 0 Å². The number of rotatable bonds is 4. The summed E-state index contributed by atoms with van der Waals surface area (Å²) in [6.07, 6.45) is 0. The molecule has 0 aliphatic carbocycles. The molecule has 0 saturated carbocycles. The summed E-state index contributed by atoms with van der Waals surface area (Å²) in [7, 11) is 3.47. The maximum atomic E-state index is 5.29. The minimum absolute atomic E-state index is 0.288. The molecule has 72 valence electrons. The van der Waals surface area contributed by atoms with Crippen molar-refractivity contribution in [3.63, 3.8) is 0 Å². The van der Waals surface area contributed by atoms with Crippen LogP contribution >= 0.6 is 0 Å². The van der Waals surface area contributed by atoms with Crippen molar-refractivity contribution in [3.05, 3.63) is 0 Å². The minimum Gasteiger partial charge on any atom is -0.357 e. The van der Waals surface area contributed by atoms with Crippen molar-refractivity contribution in [1.29, 1.82) is 0 Å². The lowest BCUT2D eigenvalue weighted by molar-refractivity contribution is 1.01. The van der Waals surface area contributed by atoms with Crippen LogP contribution in [0.5, 0.6) is 0 Å². The molecule has 1 aromatic heterocycles. The average molecular weight is 183 g/mol. The average Bonchev–Trinajstić information content (AvgIpc) is 2.17. The largest absolute Gasteiger partial charge is 0.357 e. The first kappa shape index (κ1) is 9.46. The van der Waals surface area contributed by atoms with Gasteiger partial charge >= 0.3 is 0 Å². The lowest BCUT2D eigenvalue weighted by Gasteiger charge is -2.05. The highest BCUT2D eigenvalue weighted by atomic mass is 15.3. The first-order chi connectivity index (χ1) is 6.30. The second-order valence-electron chi connectivity index (χ2n) is 2.19. The van der Waals surface area contributed by atoms with Crippen LogP contribution in [-0.4, -0.2) is 35.7 Å². The fraction of sp³-hybridized carbons (Fsp3) is 0.500. The van der Waals surface area contributed by atoms with Crippen LogP contribution in [0, 0.1) is 0 Å². The highest BCUT2D eigenvalue weighted by Crippen LogP contribution is 2.06. The number of hydrogen-bond acceptors (Lipinski definition) is 7. The van der Waals surface area contributed by atoms with E-state index in [2.05, 4.69) is 30.9 Å². The van der Waals surface area contributed by atoms with Crippen molar-refractivity contribution < 1.29 is 0 Å². The summed E-state index contributed by atoms with van der Waals surface area (Å²) < 4.78 is 0. The Morgan fingerprint density at radius 2 is 1.46 bits per heavy atom. The Hall–Kier alpha value is -1.63. The number of aromatic nitrogens is 3. The second kappa shape index (κ2) is 4.41. The maximum absolute atomic E-state index is 5.29. The Kier molecular flexibility index (Phi) is 3.21. The van der Waals surface area contributed by atoms with Gasteiger partial charge < -0.3 is 21.7 Å². The Balaban J connectivity index is 2.93. The third kappa shape index (κ3) is 2.41. The molecule has 1 heterocycles. The van der Waals surface area contributed by atoms with E-state index < -0.39 is 0 Å². The molecule has 0 aliphatic rings. The summed E-state index contributed by atoms with van der Waals surface area (Å²) in [4.78, 5) is 12.1. The normalized spacial score (nSPS) is 9.46. The number of hydrogen-bond donors (Lipinski definition) is 4. The van der Waals surface area contributed by atoms with Gasteiger partial charge in [-0.15, -0.1) is 0 Å². The second-order valence-corrected chi connectivity index (χ2v) is 2.19. The van der Waals surface area contributed by atoms with E-state index in [1.54, 1.807) is 14.1 Å². The molecule has 13 heavy (non-hydrogen) atoms. The molecule has 0 bridgehead atoms. The monoisotopic (exact) mass is 183 g/mol. The Morgan fingerprint density at radius 3 is 1.85 bits per heavy atom. The Morgan fingerprint density at radius 1 is 1.00 bits per heavy atom. The zero-order valence-corrected chi connectivity index (χ0v) is 7.63. The summed E-state index contributed by atoms with van der Waals surface area (Å²) in [5, 5.41) is 8.43. The van der Waals surface area contributed by atoms with Crippen molar-refractivity contribution in [2.75, 3.05) is 36.7 Å². The van der Waals surface area contributed by atoms with Gasteiger partial charge in [-0.25, -0.2) is 0 Å². The zero-order chi connectivity index (χ0) is 9.68. The van der Waals surface area contributed by atoms with Gasteiger partial charge in [0.2, 0.25) is 17.8 Å². The molecule has 1 aromatic rings. The molecule has 0 unspecified atom stereocenters. The van der Waals surface area contributed by atoms with Crippen LogP contribution in [0.25, 0.3) is 0 Å². The molecule has 0 spiro atoms. The highest BCUT2D eigenvalue weighted by Gasteiger charge is 2.01. The molecular formula is C6H13N7. The van der Waals surface area contributed by atoms with Gasteiger partial charge in [-0.3, -0.25) is 0 Å². The van der Waals surface area contributed by atoms with Crippen LogP contribution in [-0.2, 0) is 0 Å². The molecule has 0 amide bonds. The van der Waals surface area contributed by atoms with Gasteiger partial charge in [0.15, 0.2) is 0 Å². The van der Waals surface area contributed by atoms with Crippen LogP contribution < -0.4 is 21.7 Å². The smallest absolute Gasteiger partial charge is 0.230 e. The van der Waals surface area contributed by atoms with E-state index in [4.69, 9.17) is 5.73 Å². The van der Waals surface area contributed by atoms with Crippen LogP contribution in [0.3, 0.4) is 0 Å². The molecule has 5 N–H and O–H groups in total. The predicted molar refractivity (Wildman–Crippen MR) is 51.6 cm³/mol. The van der Waals surface area contributed by atoms with Gasteiger partial charge in [0.25, 0.3) is 0 Å². The minimum atomic E-state index is 0.288. The van der Waals surface area contributed by atoms with E-state index >= 15 is 0 Å². The summed E-state index contributed by atoms with van der Waals surface area (Å²) in [6, 6.07) is 0. The van der Waals surface area contributed by atoms with Crippen LogP contribution in [0.4, 0.5) is 17.8 Å². The van der Waals surface area contributed by atoms with E-state index in [-0.39, 0.29) is 6.67 Å². The molecule has 7 nitrogen and oxygen atoms in total. The van der Waals surface area contributed by atoms with Gasteiger partial charge in [-0.2, -0.15) is 15.0 Å². The molecule has 0 fully saturated rings. The maximum Gasteiger partial charge on any atom is 0.230 e. The SMILES string of the molecule is CNc1nc(NC)nc(NCN)n1. The molecule has 0 saturated heterocycles. The molecular weight excluding hydrogens is 170 g/mol. The topological polar surface area (TPSA) is 101 Å². The third-order valence-corrected chi connectivity index (χ3v) is 1.34. The lowest BCUT2D eigenvalue weighted by atomic mass is 10.8. The fourth-order valence-electron chi connectivity index (χ4n) is 0.770. The van der Waals surface area contributed by atoms with E-state index in [0.29, 0.717) is 17.8 Å². The summed E-state index contributed by atoms with van der Waals surface area (Å²) >= 11 is 0. The summed E-state index contributed by atoms with van der Waals surface area (Å²) in [5.74, 6) is 1.44. The molecule has 0 atom stereocenters. The number of nitrogens with two attached hydrogens (primary N) is 1. The standard InChI is InChI=1S/C6H13N7/c1-8-4-11-5(9-2)13-6(12-4)10-3-7/h3,7H2,1-2H3,(H3,8,9,10,11,12,13). The van der Waals surface area contributed by atoms with Crippen molar-refractivity contribution in [3.8, 4) is 0 Å². The highest BCUT2D eigenvalue weighted by molar-refractivity contribution is 5.41. The third-order valence-electron chi connectivity index (χ3n) is 1.34. The van der Waals surface area contributed by atoms with E-state index in [1.165, 1.54) is 0 Å². The van der Waals surface area contributed by atoms with Gasteiger partial charge in [-0.05, 0) is 0 Å². The van der Waals surface area contributed by atoms with E-state index in [0.717, 1.165) is 0 Å². The zero-order valence-electron chi connectivity index (χ0n) is 7.63. The van der Waals surface area contributed by atoms with Crippen molar-refractivity contribution in [1.82, 2.24) is 15.0 Å². The first-order valence-corrected chi connectivity index (χ1v) is 3.85. The fourth-order valence-corrected chi connectivity index (χ4v) is 0.770. The number of anilines is 3. The number of nitrogens with zero attached hydrogens (tertiary/aromatic N) is 3. The van der Waals surface area contributed by atoms with Crippen molar-refractivity contribution >= 4 is 17.8 Å². The Bertz CT molecular complexity index is 251. The van der Waals surface area contributed by atoms with Gasteiger partial charge in [-0.1, -0.05) is 0 Å². The van der Waals surface area contributed by atoms with Crippen LogP contribution in [0.1, 0.15) is 0 Å². The van der Waals surface area contributed by atoms with Gasteiger partial charge in [0.1, 0.15) is 0 Å². The predicted octanol–water partition coefficient (Wildman–Crippen LogP) is -0.717. The Labute approximate surface area is 76.2 Å². The quantitative estimate of drug-likeness (QED) is 0.457. The van der Waals surface area contributed by atoms with E-state index in [9.17, 15) is 0 Å². The molecule has 0 aliphatic heterocycles. The summed E-state index contributed by atoms with van der Waals surface area (Å²) in [5.41, 5.74) is 5.29. The first-order valence-electron chi connectivity index (χ1n) is 3.85. The van der Waals surface area contributed by atoms with E-state index in [1.807, 2.05) is 0 Å². The molecule has 7 heteroatoms. The molecule has 0 radical (unpaired) electrons. The van der Waals surface area contributed by atoms with Gasteiger partial charge in [0, 0.05) is 14.1 Å². The molecule has 0 aromatic carbocycles. The van der Waals surface area contributed by atoms with Crippen molar-refractivity contribution in [2.24, 2.45) is 5.73 Å². The van der Waals surface area contributed by atoms with Gasteiger partial charge in [0.05, 0.1) is 6.67 Å². The lowest BCUT2D eigenvalue weighted by Crippen LogP contribution is -2.15. The molecule has 1 rings (SSSR count). The summed E-state index contributed by atoms with van der Waals surface area (Å²) in [6.45, 7) is 0.288. The van der Waals surface area contributed by atoms with Crippen LogP contribution in [0.2, 0.25) is 0 Å². The van der Waals surface area contributed by atoms with Crippen LogP contribution in [0.15, 0.2) is 0 Å². The number of nitrogens with one attached hydrogen (secondary N) is 3.